The van der Waals surface area contributed by atoms with E-state index >= 15 is 0 Å². The summed E-state index contributed by atoms with van der Waals surface area (Å²) in [6.45, 7) is 2.80. The molecule has 122 valence electrons. The minimum Gasteiger partial charge on any atom is -0.469 e. The van der Waals surface area contributed by atoms with Crippen molar-refractivity contribution in [3.05, 3.63) is 59.1 Å². The highest BCUT2D eigenvalue weighted by Crippen LogP contribution is 2.27. The first kappa shape index (κ1) is 16.7. The summed E-state index contributed by atoms with van der Waals surface area (Å²) in [6, 6.07) is 4.04. The third-order valence-electron chi connectivity index (χ3n) is 3.53. The molecule has 0 fully saturated rings. The van der Waals surface area contributed by atoms with E-state index in [2.05, 4.69) is 10.1 Å². The zero-order valence-corrected chi connectivity index (χ0v) is 12.8. The number of aryl methyl sites for hydroxylation is 1. The molecule has 23 heavy (non-hydrogen) atoms. The summed E-state index contributed by atoms with van der Waals surface area (Å²) in [5.41, 5.74) is -2.06. The van der Waals surface area contributed by atoms with Gasteiger partial charge in [0.25, 0.3) is 5.91 Å². The number of amides is 1. The number of halogens is 2. The van der Waals surface area contributed by atoms with Gasteiger partial charge < -0.3 is 14.5 Å². The van der Waals surface area contributed by atoms with Crippen molar-refractivity contribution in [1.29, 1.82) is 0 Å². The summed E-state index contributed by atoms with van der Waals surface area (Å²) >= 11 is 0. The van der Waals surface area contributed by atoms with Gasteiger partial charge in [-0.1, -0.05) is 0 Å². The van der Waals surface area contributed by atoms with E-state index in [1.807, 2.05) is 0 Å². The number of hydrogen-bond acceptors (Lipinski definition) is 4. The number of methoxy groups -OCH3 is 1. The average molecular weight is 323 g/mol. The van der Waals surface area contributed by atoms with E-state index in [1.54, 1.807) is 6.92 Å². The van der Waals surface area contributed by atoms with Crippen molar-refractivity contribution in [2.75, 3.05) is 7.11 Å². The third-order valence-corrected chi connectivity index (χ3v) is 3.53. The number of carbonyl (C=O) groups is 2. The van der Waals surface area contributed by atoms with Crippen LogP contribution in [0.2, 0.25) is 0 Å². The van der Waals surface area contributed by atoms with Gasteiger partial charge in [0, 0.05) is 5.56 Å². The molecule has 1 aromatic carbocycles. The monoisotopic (exact) mass is 323 g/mol. The molecular formula is C16H15F2NO4. The molecule has 0 unspecified atom stereocenters. The fourth-order valence-corrected chi connectivity index (χ4v) is 2.23. The van der Waals surface area contributed by atoms with Gasteiger partial charge in [0.1, 0.15) is 17.4 Å². The van der Waals surface area contributed by atoms with Crippen molar-refractivity contribution < 1.29 is 27.5 Å². The molecule has 5 nitrogen and oxygen atoms in total. The number of furan rings is 1. The summed E-state index contributed by atoms with van der Waals surface area (Å²) < 4.78 is 37.2. The number of benzene rings is 1. The maximum Gasteiger partial charge on any atom is 0.336 e. The smallest absolute Gasteiger partial charge is 0.336 e. The Morgan fingerprint density at radius 2 is 1.96 bits per heavy atom. The molecule has 0 spiro atoms. The fraction of sp³-hybridized carbons (Fsp3) is 0.250. The number of hydrogen-bond donors (Lipinski definition) is 1. The van der Waals surface area contributed by atoms with E-state index in [0.29, 0.717) is 5.76 Å². The van der Waals surface area contributed by atoms with Gasteiger partial charge in [0.05, 0.1) is 18.9 Å². The standard InChI is InChI=1S/C16H15F2NO4/c1-9-11(6-7-23-9)14(20)19-16(2,15(21)22-3)12-8-10(17)4-5-13(12)18/h4-8H,1-3H3,(H,19,20)/t16-/m0/s1. The van der Waals surface area contributed by atoms with Gasteiger partial charge in [-0.2, -0.15) is 0 Å². The van der Waals surface area contributed by atoms with Gasteiger partial charge >= 0.3 is 5.97 Å². The zero-order valence-electron chi connectivity index (χ0n) is 12.8. The van der Waals surface area contributed by atoms with Gasteiger partial charge in [-0.05, 0) is 38.1 Å². The first-order chi connectivity index (χ1) is 10.8. The Morgan fingerprint density at radius 3 is 2.52 bits per heavy atom. The molecule has 0 aliphatic heterocycles. The van der Waals surface area contributed by atoms with Gasteiger partial charge in [0.2, 0.25) is 0 Å². The van der Waals surface area contributed by atoms with Crippen LogP contribution in [0.4, 0.5) is 8.78 Å². The highest BCUT2D eigenvalue weighted by atomic mass is 19.1. The number of carbonyl (C=O) groups excluding carboxylic acids is 2. The zero-order chi connectivity index (χ0) is 17.2. The van der Waals surface area contributed by atoms with Crippen LogP contribution in [0, 0.1) is 18.6 Å². The Bertz CT molecular complexity index is 756. The molecule has 0 bridgehead atoms. The largest absolute Gasteiger partial charge is 0.469 e. The minimum absolute atomic E-state index is 0.178. The summed E-state index contributed by atoms with van der Waals surface area (Å²) in [5, 5.41) is 2.39. The maximum atomic E-state index is 14.1. The maximum absolute atomic E-state index is 14.1. The Kier molecular flexibility index (Phi) is 4.49. The Labute approximate surface area is 131 Å². The molecule has 2 rings (SSSR count). The van der Waals surface area contributed by atoms with Crippen LogP contribution < -0.4 is 5.32 Å². The van der Waals surface area contributed by atoms with Gasteiger partial charge in [0.15, 0.2) is 5.54 Å². The Balaban J connectivity index is 2.48. The summed E-state index contributed by atoms with van der Waals surface area (Å²) in [4.78, 5) is 24.5. The van der Waals surface area contributed by atoms with Crippen LogP contribution in [0.3, 0.4) is 0 Å². The SMILES string of the molecule is COC(=O)[C@@](C)(NC(=O)c1ccoc1C)c1cc(F)ccc1F. The van der Waals surface area contributed by atoms with Crippen molar-refractivity contribution in [2.24, 2.45) is 0 Å². The van der Waals surface area contributed by atoms with Gasteiger partial charge in [-0.25, -0.2) is 13.6 Å². The molecule has 1 amide bonds. The van der Waals surface area contributed by atoms with E-state index in [9.17, 15) is 18.4 Å². The van der Waals surface area contributed by atoms with Gasteiger partial charge in [-0.15, -0.1) is 0 Å². The average Bonchev–Trinajstić information content (AvgIpc) is 2.94. The van der Waals surface area contributed by atoms with Crippen molar-refractivity contribution in [1.82, 2.24) is 5.32 Å². The van der Waals surface area contributed by atoms with E-state index in [-0.39, 0.29) is 11.1 Å². The predicted molar refractivity (Wildman–Crippen MR) is 76.6 cm³/mol. The van der Waals surface area contributed by atoms with Crippen LogP contribution in [0.25, 0.3) is 0 Å². The molecule has 7 heteroatoms. The Morgan fingerprint density at radius 1 is 1.26 bits per heavy atom. The lowest BCUT2D eigenvalue weighted by Crippen LogP contribution is -2.50. The number of nitrogens with one attached hydrogen (secondary N) is 1. The molecule has 0 radical (unpaired) electrons. The van der Waals surface area contributed by atoms with E-state index in [4.69, 9.17) is 4.42 Å². The number of rotatable bonds is 4. The lowest BCUT2D eigenvalue weighted by molar-refractivity contribution is -0.148. The molecule has 1 atom stereocenters. The minimum atomic E-state index is -1.90. The third kappa shape index (κ3) is 3.08. The van der Waals surface area contributed by atoms with Crippen LogP contribution in [0.15, 0.2) is 34.9 Å². The summed E-state index contributed by atoms with van der Waals surface area (Å²) in [7, 11) is 1.09. The lowest BCUT2D eigenvalue weighted by atomic mass is 9.90. The topological polar surface area (TPSA) is 68.5 Å². The van der Waals surface area contributed by atoms with Crippen molar-refractivity contribution in [2.45, 2.75) is 19.4 Å². The van der Waals surface area contributed by atoms with Crippen molar-refractivity contribution >= 4 is 11.9 Å². The van der Waals surface area contributed by atoms with E-state index in [1.165, 1.54) is 19.3 Å². The molecule has 0 aliphatic carbocycles. The summed E-state index contributed by atoms with van der Waals surface area (Å²) in [5.74, 6) is -2.87. The molecule has 1 aromatic heterocycles. The highest BCUT2D eigenvalue weighted by Gasteiger charge is 2.41. The molecule has 0 saturated carbocycles. The molecule has 1 heterocycles. The van der Waals surface area contributed by atoms with Crippen LogP contribution in [-0.2, 0) is 15.1 Å². The predicted octanol–water partition coefficient (Wildman–Crippen LogP) is 2.68. The first-order valence-electron chi connectivity index (χ1n) is 6.70. The fourth-order valence-electron chi connectivity index (χ4n) is 2.23. The van der Waals surface area contributed by atoms with Crippen molar-refractivity contribution in [3.8, 4) is 0 Å². The lowest BCUT2D eigenvalue weighted by Gasteiger charge is -2.28. The molecular weight excluding hydrogens is 308 g/mol. The molecule has 2 aromatic rings. The Hall–Kier alpha value is -2.70. The van der Waals surface area contributed by atoms with Crippen molar-refractivity contribution in [3.63, 3.8) is 0 Å². The molecule has 0 aliphatic rings. The summed E-state index contributed by atoms with van der Waals surface area (Å²) in [6.07, 6.45) is 1.31. The molecule has 1 N–H and O–H groups in total. The second-order valence-corrected chi connectivity index (χ2v) is 5.09. The first-order valence-corrected chi connectivity index (χ1v) is 6.70. The molecule has 0 saturated heterocycles. The van der Waals surface area contributed by atoms with Crippen LogP contribution in [-0.4, -0.2) is 19.0 Å². The van der Waals surface area contributed by atoms with Gasteiger partial charge in [-0.3, -0.25) is 4.79 Å². The van der Waals surface area contributed by atoms with E-state index in [0.717, 1.165) is 25.3 Å². The normalized spacial score (nSPS) is 13.3. The second-order valence-electron chi connectivity index (χ2n) is 5.09. The quantitative estimate of drug-likeness (QED) is 0.879. The van der Waals surface area contributed by atoms with Crippen LogP contribution >= 0.6 is 0 Å². The van der Waals surface area contributed by atoms with E-state index < -0.39 is 29.0 Å². The second kappa shape index (κ2) is 6.20. The highest BCUT2D eigenvalue weighted by molar-refractivity contribution is 5.99. The van der Waals surface area contributed by atoms with Crippen LogP contribution in [0.1, 0.15) is 28.6 Å². The van der Waals surface area contributed by atoms with Crippen LogP contribution in [0.5, 0.6) is 0 Å². The number of esters is 1. The number of ether oxygens (including phenoxy) is 1.